The number of pyridine rings is 1. The molecule has 7 nitrogen and oxygen atoms in total. The second kappa shape index (κ2) is 5.46. The van der Waals surface area contributed by atoms with Crippen LogP contribution in [0.1, 0.15) is 28.7 Å². The summed E-state index contributed by atoms with van der Waals surface area (Å²) in [6.45, 7) is 2.22. The van der Waals surface area contributed by atoms with E-state index in [0.29, 0.717) is 11.3 Å². The summed E-state index contributed by atoms with van der Waals surface area (Å²) in [6.07, 6.45) is 0. The summed E-state index contributed by atoms with van der Waals surface area (Å²) in [5.74, 6) is -2.05. The Hall–Kier alpha value is -2.46. The van der Waals surface area contributed by atoms with Crippen LogP contribution in [0.15, 0.2) is 12.1 Å². The number of aliphatic carboxylic acids is 1. The molecule has 1 amide bonds. The van der Waals surface area contributed by atoms with Gasteiger partial charge in [-0.1, -0.05) is 0 Å². The molecule has 1 rings (SSSR count). The van der Waals surface area contributed by atoms with Gasteiger partial charge in [0.25, 0.3) is 5.91 Å². The number of aromatic nitrogens is 1. The Bertz CT molecular complexity index is 561. The number of carbonyl (C=O) groups excluding carboxylic acids is 1. The van der Waals surface area contributed by atoms with Crippen molar-refractivity contribution in [2.45, 2.75) is 19.4 Å². The minimum absolute atomic E-state index is 0.0534. The summed E-state index contributed by atoms with van der Waals surface area (Å²) < 4.78 is 0. The van der Waals surface area contributed by atoms with E-state index in [0.717, 1.165) is 6.92 Å². The highest BCUT2D eigenvalue weighted by molar-refractivity contribution is 5.93. The number of nitrogens with one attached hydrogen (secondary N) is 1. The van der Waals surface area contributed by atoms with Crippen molar-refractivity contribution in [3.05, 3.63) is 29.1 Å². The molecule has 0 saturated carbocycles. The number of aliphatic hydroxyl groups is 1. The molecule has 0 spiro atoms. The van der Waals surface area contributed by atoms with E-state index in [1.807, 2.05) is 6.07 Å². The summed E-state index contributed by atoms with van der Waals surface area (Å²) in [5.41, 5.74) is -1.23. The summed E-state index contributed by atoms with van der Waals surface area (Å²) in [4.78, 5) is 26.3. The number of nitriles is 1. The van der Waals surface area contributed by atoms with Crippen LogP contribution in [0.5, 0.6) is 0 Å². The second-order valence-corrected chi connectivity index (χ2v) is 4.20. The fourth-order valence-corrected chi connectivity index (χ4v) is 1.22. The lowest BCUT2D eigenvalue weighted by Gasteiger charge is -2.18. The molecule has 0 saturated heterocycles. The molecule has 3 N–H and O–H groups in total. The Balaban J connectivity index is 2.78. The molecule has 0 bridgehead atoms. The first kappa shape index (κ1) is 14.6. The molecule has 100 valence electrons. The van der Waals surface area contributed by atoms with Gasteiger partial charge in [-0.2, -0.15) is 5.26 Å². The van der Waals surface area contributed by atoms with Gasteiger partial charge in [-0.05, 0) is 26.0 Å². The number of carboxylic acids is 1. The smallest absolute Gasteiger partial charge is 0.337 e. The first-order valence-electron chi connectivity index (χ1n) is 5.39. The number of hydrogen-bond donors (Lipinski definition) is 3. The van der Waals surface area contributed by atoms with Crippen LogP contribution in [0.25, 0.3) is 0 Å². The zero-order chi connectivity index (χ0) is 14.6. The average Bonchev–Trinajstić information content (AvgIpc) is 2.35. The van der Waals surface area contributed by atoms with E-state index < -0.39 is 24.0 Å². The molecule has 1 unspecified atom stereocenters. The quantitative estimate of drug-likeness (QED) is 0.692. The van der Waals surface area contributed by atoms with Crippen molar-refractivity contribution in [2.24, 2.45) is 0 Å². The molecule has 0 radical (unpaired) electrons. The normalized spacial score (nSPS) is 13.2. The molecule has 1 aromatic heterocycles. The molecule has 0 fully saturated rings. The first-order valence-corrected chi connectivity index (χ1v) is 5.39. The van der Waals surface area contributed by atoms with E-state index in [1.165, 1.54) is 12.1 Å². The monoisotopic (exact) mass is 263 g/mol. The van der Waals surface area contributed by atoms with Crippen LogP contribution in [-0.2, 0) is 4.79 Å². The SMILES string of the molecule is Cc1nc(C(=O)NCC(C)(O)C(=O)O)ccc1C#N. The van der Waals surface area contributed by atoms with Crippen LogP contribution in [-0.4, -0.2) is 39.2 Å². The van der Waals surface area contributed by atoms with Crippen LogP contribution in [0, 0.1) is 18.3 Å². The Morgan fingerprint density at radius 1 is 1.53 bits per heavy atom. The van der Waals surface area contributed by atoms with E-state index in [9.17, 15) is 14.7 Å². The molecule has 0 aliphatic heterocycles. The number of rotatable bonds is 4. The number of aryl methyl sites for hydroxylation is 1. The lowest BCUT2D eigenvalue weighted by atomic mass is 10.1. The van der Waals surface area contributed by atoms with Crippen molar-refractivity contribution in [3.8, 4) is 6.07 Å². The Morgan fingerprint density at radius 2 is 2.16 bits per heavy atom. The van der Waals surface area contributed by atoms with Gasteiger partial charge in [-0.15, -0.1) is 0 Å². The summed E-state index contributed by atoms with van der Waals surface area (Å²) >= 11 is 0. The lowest BCUT2D eigenvalue weighted by molar-refractivity contribution is -0.155. The fourth-order valence-electron chi connectivity index (χ4n) is 1.22. The Morgan fingerprint density at radius 3 is 2.63 bits per heavy atom. The highest BCUT2D eigenvalue weighted by Crippen LogP contribution is 2.06. The van der Waals surface area contributed by atoms with Gasteiger partial charge >= 0.3 is 5.97 Å². The molecule has 19 heavy (non-hydrogen) atoms. The van der Waals surface area contributed by atoms with Gasteiger partial charge in [-0.3, -0.25) is 4.79 Å². The van der Waals surface area contributed by atoms with Crippen LogP contribution >= 0.6 is 0 Å². The van der Waals surface area contributed by atoms with Crippen molar-refractivity contribution in [3.63, 3.8) is 0 Å². The van der Waals surface area contributed by atoms with E-state index >= 15 is 0 Å². The molecule has 7 heteroatoms. The van der Waals surface area contributed by atoms with Gasteiger partial charge in [0.2, 0.25) is 0 Å². The summed E-state index contributed by atoms with van der Waals surface area (Å²) in [7, 11) is 0. The van der Waals surface area contributed by atoms with Crippen molar-refractivity contribution in [1.82, 2.24) is 10.3 Å². The third-order valence-electron chi connectivity index (χ3n) is 2.49. The highest BCUT2D eigenvalue weighted by atomic mass is 16.4. The molecule has 0 aliphatic rings. The van der Waals surface area contributed by atoms with Crippen LogP contribution in [0.2, 0.25) is 0 Å². The molecular weight excluding hydrogens is 250 g/mol. The number of amides is 1. The fraction of sp³-hybridized carbons (Fsp3) is 0.333. The molecule has 1 heterocycles. The number of hydrogen-bond acceptors (Lipinski definition) is 5. The number of carboxylic acid groups (broad SMARTS) is 1. The highest BCUT2D eigenvalue weighted by Gasteiger charge is 2.30. The molecule has 0 aliphatic carbocycles. The maximum absolute atomic E-state index is 11.7. The van der Waals surface area contributed by atoms with Crippen LogP contribution < -0.4 is 5.32 Å². The van der Waals surface area contributed by atoms with Gasteiger partial charge in [0.1, 0.15) is 11.8 Å². The van der Waals surface area contributed by atoms with E-state index in [2.05, 4.69) is 10.3 Å². The Kier molecular flexibility index (Phi) is 4.19. The van der Waals surface area contributed by atoms with Gasteiger partial charge in [-0.25, -0.2) is 9.78 Å². The predicted molar refractivity (Wildman–Crippen MR) is 64.3 cm³/mol. The zero-order valence-corrected chi connectivity index (χ0v) is 10.5. The van der Waals surface area contributed by atoms with Gasteiger partial charge in [0.15, 0.2) is 5.60 Å². The molecular formula is C12H13N3O4. The van der Waals surface area contributed by atoms with Crippen molar-refractivity contribution in [1.29, 1.82) is 5.26 Å². The molecule has 1 atom stereocenters. The standard InChI is InChI=1S/C12H13N3O4/c1-7-8(5-13)3-4-9(15-7)10(16)14-6-12(2,19)11(17)18/h3-4,19H,6H2,1-2H3,(H,14,16)(H,17,18). The van der Waals surface area contributed by atoms with Crippen LogP contribution in [0.4, 0.5) is 0 Å². The number of nitrogens with zero attached hydrogens (tertiary/aromatic N) is 2. The maximum Gasteiger partial charge on any atom is 0.337 e. The average molecular weight is 263 g/mol. The van der Waals surface area contributed by atoms with Crippen molar-refractivity contribution in [2.75, 3.05) is 6.54 Å². The largest absolute Gasteiger partial charge is 0.479 e. The van der Waals surface area contributed by atoms with Crippen LogP contribution in [0.3, 0.4) is 0 Å². The Labute approximate surface area is 109 Å². The minimum atomic E-state index is -2.04. The second-order valence-electron chi connectivity index (χ2n) is 4.20. The minimum Gasteiger partial charge on any atom is -0.479 e. The van der Waals surface area contributed by atoms with E-state index in [1.54, 1.807) is 6.92 Å². The van der Waals surface area contributed by atoms with Gasteiger partial charge in [0.05, 0.1) is 17.8 Å². The van der Waals surface area contributed by atoms with E-state index in [4.69, 9.17) is 10.4 Å². The summed E-state index contributed by atoms with van der Waals surface area (Å²) in [6, 6.07) is 4.73. The van der Waals surface area contributed by atoms with Crippen molar-refractivity contribution < 1.29 is 19.8 Å². The van der Waals surface area contributed by atoms with Crippen molar-refractivity contribution >= 4 is 11.9 Å². The predicted octanol–water partition coefficient (Wildman–Crippen LogP) is -0.173. The summed E-state index contributed by atoms with van der Waals surface area (Å²) in [5, 5.41) is 29.1. The lowest BCUT2D eigenvalue weighted by Crippen LogP contribution is -2.46. The van der Waals surface area contributed by atoms with E-state index in [-0.39, 0.29) is 5.69 Å². The third kappa shape index (κ3) is 3.50. The first-order chi connectivity index (χ1) is 8.77. The maximum atomic E-state index is 11.7. The molecule has 0 aromatic carbocycles. The van der Waals surface area contributed by atoms with Gasteiger partial charge in [0, 0.05) is 0 Å². The molecule has 1 aromatic rings. The third-order valence-corrected chi connectivity index (χ3v) is 2.49. The van der Waals surface area contributed by atoms with Gasteiger partial charge < -0.3 is 15.5 Å². The zero-order valence-electron chi connectivity index (χ0n) is 10.5. The number of carbonyl (C=O) groups is 2. The topological polar surface area (TPSA) is 123 Å².